The quantitative estimate of drug-likeness (QED) is 0.158. The fraction of sp³-hybridized carbons (Fsp3) is 0.792. The second kappa shape index (κ2) is 34.9. The summed E-state index contributed by atoms with van der Waals surface area (Å²) in [5.74, 6) is -0.997. The highest BCUT2D eigenvalue weighted by atomic mass is 16.5. The Hall–Kier alpha value is -1.53. The summed E-state index contributed by atoms with van der Waals surface area (Å²) in [6, 6.07) is 0. The lowest BCUT2D eigenvalue weighted by Gasteiger charge is -2.01. The number of carbonyl (C=O) groups excluding carboxylic acids is 3. The molecule has 0 aromatic rings. The average molecular weight is 437 g/mol. The van der Waals surface area contributed by atoms with Crippen LogP contribution in [-0.2, 0) is 19.1 Å². The summed E-state index contributed by atoms with van der Waals surface area (Å²) in [5, 5.41) is 15.7. The highest BCUT2D eigenvalue weighted by Gasteiger charge is 2.03. The number of ketones is 2. The van der Waals surface area contributed by atoms with E-state index in [2.05, 4.69) is 20.4 Å². The van der Waals surface area contributed by atoms with Crippen LogP contribution in [0.5, 0.6) is 0 Å². The lowest BCUT2D eigenvalue weighted by molar-refractivity contribution is -0.147. The van der Waals surface area contributed by atoms with E-state index in [4.69, 9.17) is 14.9 Å². The van der Waals surface area contributed by atoms with Gasteiger partial charge in [-0.05, 0) is 33.1 Å². The molecule has 0 saturated carbocycles. The van der Waals surface area contributed by atoms with E-state index in [-0.39, 0.29) is 40.6 Å². The Balaban J connectivity index is -0.0000000739. The number of Topliss-reactive ketones (excluding diaryl/α,β-unsaturated/α-hetero) is 2. The largest absolute Gasteiger partial charge is 0.458 e. The Morgan fingerprint density at radius 3 is 1.63 bits per heavy atom. The van der Waals surface area contributed by atoms with Crippen molar-refractivity contribution in [3.05, 3.63) is 12.7 Å². The second-order valence-electron chi connectivity index (χ2n) is 6.30. The zero-order valence-corrected chi connectivity index (χ0v) is 17.7. The molecular weight excluding hydrogens is 384 g/mol. The van der Waals surface area contributed by atoms with E-state index in [0.29, 0.717) is 6.42 Å². The third kappa shape index (κ3) is 50.3. The molecule has 0 bridgehead atoms. The van der Waals surface area contributed by atoms with Crippen LogP contribution in [-0.4, -0.2) is 40.6 Å². The molecule has 6 heteroatoms. The van der Waals surface area contributed by atoms with Crippen LogP contribution in [0.15, 0.2) is 12.7 Å². The molecule has 0 saturated heterocycles. The van der Waals surface area contributed by atoms with E-state index in [1.807, 2.05) is 6.08 Å². The van der Waals surface area contributed by atoms with Gasteiger partial charge in [0, 0.05) is 6.42 Å². The first-order valence-corrected chi connectivity index (χ1v) is 9.85. The third-order valence-corrected chi connectivity index (χ3v) is 3.30. The summed E-state index contributed by atoms with van der Waals surface area (Å²) in [6.45, 7) is 10.4. The molecule has 30 heavy (non-hydrogen) atoms. The van der Waals surface area contributed by atoms with Crippen molar-refractivity contribution in [3.63, 3.8) is 0 Å². The first-order valence-electron chi connectivity index (χ1n) is 9.85. The van der Waals surface area contributed by atoms with E-state index >= 15 is 0 Å². The van der Waals surface area contributed by atoms with Crippen LogP contribution < -0.4 is 0 Å². The van der Waals surface area contributed by atoms with Crippen molar-refractivity contribution in [2.45, 2.75) is 120 Å². The van der Waals surface area contributed by atoms with Crippen LogP contribution in [0.1, 0.15) is 114 Å². The summed E-state index contributed by atoms with van der Waals surface area (Å²) in [5.41, 5.74) is 0. The van der Waals surface area contributed by atoms with E-state index in [1.165, 1.54) is 39.0 Å². The molecule has 0 spiro atoms. The molecule has 184 valence electrons. The predicted molar refractivity (Wildman–Crippen MR) is 128 cm³/mol. The highest BCUT2D eigenvalue weighted by Crippen LogP contribution is 2.03. The minimum atomic E-state index is -1.79. The van der Waals surface area contributed by atoms with Crippen LogP contribution in [0, 0.1) is 0 Å². The van der Waals surface area contributed by atoms with E-state index in [9.17, 15) is 14.4 Å². The fourth-order valence-corrected chi connectivity index (χ4v) is 1.67. The van der Waals surface area contributed by atoms with Gasteiger partial charge in [-0.2, -0.15) is 0 Å². The molecule has 0 rings (SSSR count). The Bertz CT molecular complexity index is 378. The van der Waals surface area contributed by atoms with Gasteiger partial charge < -0.3 is 14.9 Å². The van der Waals surface area contributed by atoms with Gasteiger partial charge in [-0.1, -0.05) is 80.7 Å². The maximum Gasteiger partial charge on any atom is 0.306 e. The monoisotopic (exact) mass is 436 g/mol. The lowest BCUT2D eigenvalue weighted by atomic mass is 10.2. The van der Waals surface area contributed by atoms with Gasteiger partial charge in [0.1, 0.15) is 6.61 Å². The molecule has 0 unspecified atom stereocenters. The smallest absolute Gasteiger partial charge is 0.306 e. The highest BCUT2D eigenvalue weighted by molar-refractivity contribution is 5.80. The molecule has 0 aliphatic heterocycles. The topological polar surface area (TPSA) is 101 Å². The molecule has 0 atom stereocenters. The number of aliphatic hydroxyl groups is 2. The molecule has 0 fully saturated rings. The van der Waals surface area contributed by atoms with Crippen LogP contribution >= 0.6 is 0 Å². The SMILES string of the molecule is C.C.C.C=CCCCCCC.CC(=O)C(O)O.CCCCCCC(=O)OCC(C)=O. The fourth-order valence-electron chi connectivity index (χ4n) is 1.67. The number of hydrogen-bond donors (Lipinski definition) is 2. The van der Waals surface area contributed by atoms with Gasteiger partial charge in [-0.3, -0.25) is 14.4 Å². The Morgan fingerprint density at radius 1 is 0.867 bits per heavy atom. The van der Waals surface area contributed by atoms with Crippen LogP contribution in [0.25, 0.3) is 0 Å². The second-order valence-corrected chi connectivity index (χ2v) is 6.30. The molecule has 0 aliphatic rings. The van der Waals surface area contributed by atoms with Crippen molar-refractivity contribution >= 4 is 17.5 Å². The van der Waals surface area contributed by atoms with Crippen LogP contribution in [0.3, 0.4) is 0 Å². The number of carbonyl (C=O) groups is 3. The molecule has 6 nitrogen and oxygen atoms in total. The normalized spacial score (nSPS) is 8.50. The van der Waals surface area contributed by atoms with Crippen molar-refractivity contribution in [1.82, 2.24) is 0 Å². The van der Waals surface area contributed by atoms with Crippen LogP contribution in [0.2, 0.25) is 0 Å². The molecule has 0 heterocycles. The Labute approximate surface area is 187 Å². The number of allylic oxidation sites excluding steroid dienone is 1. The van der Waals surface area contributed by atoms with Gasteiger partial charge in [0.05, 0.1) is 0 Å². The molecule has 0 amide bonds. The maximum absolute atomic E-state index is 10.9. The van der Waals surface area contributed by atoms with Gasteiger partial charge in [0.25, 0.3) is 0 Å². The number of hydrogen-bond acceptors (Lipinski definition) is 6. The number of unbranched alkanes of at least 4 members (excludes halogenated alkanes) is 7. The molecule has 0 aromatic heterocycles. The summed E-state index contributed by atoms with van der Waals surface area (Å²) in [4.78, 5) is 31.0. The zero-order valence-electron chi connectivity index (χ0n) is 17.7. The van der Waals surface area contributed by atoms with Crippen molar-refractivity contribution in [1.29, 1.82) is 0 Å². The van der Waals surface area contributed by atoms with Gasteiger partial charge in [-0.15, -0.1) is 6.58 Å². The molecular formula is C24H52O6. The van der Waals surface area contributed by atoms with E-state index in [0.717, 1.165) is 32.6 Å². The Kier molecular flexibility index (Phi) is 49.6. The van der Waals surface area contributed by atoms with Gasteiger partial charge in [-0.25, -0.2) is 0 Å². The van der Waals surface area contributed by atoms with Crippen molar-refractivity contribution in [3.8, 4) is 0 Å². The number of aliphatic hydroxyl groups excluding tert-OH is 1. The van der Waals surface area contributed by atoms with Gasteiger partial charge in [0.2, 0.25) is 6.29 Å². The van der Waals surface area contributed by atoms with Gasteiger partial charge in [0.15, 0.2) is 11.6 Å². The van der Waals surface area contributed by atoms with Crippen molar-refractivity contribution in [2.24, 2.45) is 0 Å². The first-order chi connectivity index (χ1) is 12.7. The summed E-state index contributed by atoms with van der Waals surface area (Å²) >= 11 is 0. The predicted octanol–water partition coefficient (Wildman–Crippen LogP) is 6.03. The first kappa shape index (κ1) is 42.5. The summed E-state index contributed by atoms with van der Waals surface area (Å²) in [7, 11) is 0. The third-order valence-electron chi connectivity index (χ3n) is 3.30. The zero-order chi connectivity index (χ0) is 21.5. The minimum absolute atomic E-state index is 0. The molecule has 0 aromatic carbocycles. The summed E-state index contributed by atoms with van der Waals surface area (Å²) < 4.78 is 4.70. The molecule has 2 N–H and O–H groups in total. The van der Waals surface area contributed by atoms with E-state index < -0.39 is 12.1 Å². The van der Waals surface area contributed by atoms with E-state index in [1.54, 1.807) is 0 Å². The van der Waals surface area contributed by atoms with Gasteiger partial charge >= 0.3 is 5.97 Å². The standard InChI is InChI=1S/C10H18O3.C8H16.C3H6O3.3CH4/c1-3-4-5-6-7-10(12)13-8-9(2)11;1-3-5-7-8-6-4-2;1-2(4)3(5)6;;;/h3-8H2,1-2H3;3H,1,4-8H2,2H3;3,5-6H,1H3;3*1H4. The minimum Gasteiger partial charge on any atom is -0.458 e. The Morgan fingerprint density at radius 2 is 1.30 bits per heavy atom. The molecule has 0 radical (unpaired) electrons. The summed E-state index contributed by atoms with van der Waals surface area (Å²) in [6.07, 6.45) is 11.5. The van der Waals surface area contributed by atoms with Crippen molar-refractivity contribution < 1.29 is 29.3 Å². The van der Waals surface area contributed by atoms with Crippen LogP contribution in [0.4, 0.5) is 0 Å². The maximum atomic E-state index is 10.9. The van der Waals surface area contributed by atoms with Crippen molar-refractivity contribution in [2.75, 3.05) is 6.61 Å². The lowest BCUT2D eigenvalue weighted by Crippen LogP contribution is -2.14. The number of rotatable bonds is 13. The number of esters is 1. The number of ether oxygens (including phenoxy) is 1. The molecule has 0 aliphatic carbocycles. The average Bonchev–Trinajstić information content (AvgIpc) is 2.62.